The summed E-state index contributed by atoms with van der Waals surface area (Å²) in [6.07, 6.45) is 0. The Balaban J connectivity index is 2.02. The maximum absolute atomic E-state index is 12.9. The Bertz CT molecular complexity index is 771. The average Bonchev–Trinajstić information content (AvgIpc) is 2.88. The fraction of sp³-hybridized carbons (Fsp3) is 0.0714. The Morgan fingerprint density at radius 2 is 2.00 bits per heavy atom. The summed E-state index contributed by atoms with van der Waals surface area (Å²) in [7, 11) is 0. The number of phenolic OH excluding ortho intramolecular Hbond substituents is 1. The molecule has 0 fully saturated rings. The summed E-state index contributed by atoms with van der Waals surface area (Å²) in [6, 6.07) is 9.03. The van der Waals surface area contributed by atoms with E-state index in [9.17, 15) is 9.50 Å². The third-order valence-electron chi connectivity index (χ3n) is 2.73. The Kier molecular flexibility index (Phi) is 2.90. The highest BCUT2D eigenvalue weighted by Gasteiger charge is 2.15. The van der Waals surface area contributed by atoms with E-state index in [1.165, 1.54) is 12.1 Å². The second-order valence-electron chi connectivity index (χ2n) is 4.25. The van der Waals surface area contributed by atoms with Gasteiger partial charge in [0, 0.05) is 11.8 Å². The molecule has 2 heterocycles. The molecule has 0 aliphatic rings. The molecule has 0 saturated carbocycles. The third-order valence-corrected chi connectivity index (χ3v) is 2.73. The SMILES string of the molecule is Cc1cccc(-c2noc(-c3ccc(F)cc3O)n2)n1. The molecule has 5 nitrogen and oxygen atoms in total. The number of rotatable bonds is 2. The Morgan fingerprint density at radius 3 is 2.75 bits per heavy atom. The van der Waals surface area contributed by atoms with E-state index in [1.54, 1.807) is 6.07 Å². The lowest BCUT2D eigenvalue weighted by molar-refractivity contribution is 0.424. The van der Waals surface area contributed by atoms with Crippen LogP contribution in [0.2, 0.25) is 0 Å². The van der Waals surface area contributed by atoms with Crippen LogP contribution in [0.4, 0.5) is 4.39 Å². The van der Waals surface area contributed by atoms with Crippen LogP contribution >= 0.6 is 0 Å². The van der Waals surface area contributed by atoms with Crippen LogP contribution in [-0.2, 0) is 0 Å². The molecule has 3 rings (SSSR count). The molecule has 1 aromatic carbocycles. The van der Waals surface area contributed by atoms with Gasteiger partial charge in [0.2, 0.25) is 5.82 Å². The van der Waals surface area contributed by atoms with Crippen LogP contribution in [-0.4, -0.2) is 20.2 Å². The van der Waals surface area contributed by atoms with Crippen molar-refractivity contribution in [2.45, 2.75) is 6.92 Å². The predicted octanol–water partition coefficient (Wildman–Crippen LogP) is 2.95. The Hall–Kier alpha value is -2.76. The Morgan fingerprint density at radius 1 is 1.15 bits per heavy atom. The van der Waals surface area contributed by atoms with Crippen LogP contribution in [0.15, 0.2) is 40.9 Å². The van der Waals surface area contributed by atoms with Crippen LogP contribution in [0.25, 0.3) is 23.0 Å². The lowest BCUT2D eigenvalue weighted by atomic mass is 10.2. The first kappa shape index (κ1) is 12.3. The largest absolute Gasteiger partial charge is 0.507 e. The zero-order valence-corrected chi connectivity index (χ0v) is 10.5. The molecule has 6 heteroatoms. The third kappa shape index (κ3) is 2.23. The molecular formula is C14H10FN3O2. The van der Waals surface area contributed by atoms with E-state index in [0.717, 1.165) is 11.8 Å². The number of nitrogens with zero attached hydrogens (tertiary/aromatic N) is 3. The van der Waals surface area contributed by atoms with Crippen molar-refractivity contribution < 1.29 is 14.0 Å². The number of hydrogen-bond donors (Lipinski definition) is 1. The van der Waals surface area contributed by atoms with E-state index in [0.29, 0.717) is 11.5 Å². The van der Waals surface area contributed by atoms with Crippen LogP contribution in [0, 0.1) is 12.7 Å². The standard InChI is InChI=1S/C14H10FN3O2/c1-8-3-2-4-11(16-8)13-17-14(20-18-13)10-6-5-9(15)7-12(10)19/h2-7,19H,1H3. The van der Waals surface area contributed by atoms with Gasteiger partial charge in [0.05, 0.1) is 5.56 Å². The second-order valence-corrected chi connectivity index (χ2v) is 4.25. The quantitative estimate of drug-likeness (QED) is 0.775. The van der Waals surface area contributed by atoms with Gasteiger partial charge < -0.3 is 9.63 Å². The van der Waals surface area contributed by atoms with Gasteiger partial charge in [0.15, 0.2) is 0 Å². The fourth-order valence-corrected chi connectivity index (χ4v) is 1.79. The number of aromatic hydroxyl groups is 1. The van der Waals surface area contributed by atoms with Gasteiger partial charge in [-0.05, 0) is 31.2 Å². The lowest BCUT2D eigenvalue weighted by Gasteiger charge is -1.98. The highest BCUT2D eigenvalue weighted by atomic mass is 19.1. The van der Waals surface area contributed by atoms with Gasteiger partial charge in [-0.2, -0.15) is 4.98 Å². The van der Waals surface area contributed by atoms with Crippen LogP contribution in [0.5, 0.6) is 5.75 Å². The molecule has 100 valence electrons. The number of aromatic nitrogens is 3. The highest BCUT2D eigenvalue weighted by Crippen LogP contribution is 2.29. The van der Waals surface area contributed by atoms with Crippen molar-refractivity contribution in [2.75, 3.05) is 0 Å². The van der Waals surface area contributed by atoms with Gasteiger partial charge in [-0.3, -0.25) is 0 Å². The van der Waals surface area contributed by atoms with Crippen LogP contribution < -0.4 is 0 Å². The van der Waals surface area contributed by atoms with Gasteiger partial charge in [-0.15, -0.1) is 0 Å². The first-order valence-electron chi connectivity index (χ1n) is 5.90. The van der Waals surface area contributed by atoms with E-state index in [-0.39, 0.29) is 17.2 Å². The predicted molar refractivity (Wildman–Crippen MR) is 69.3 cm³/mol. The van der Waals surface area contributed by atoms with Crippen molar-refractivity contribution >= 4 is 0 Å². The zero-order chi connectivity index (χ0) is 14.1. The summed E-state index contributed by atoms with van der Waals surface area (Å²) in [5.74, 6) is -0.364. The molecule has 0 saturated heterocycles. The number of pyridine rings is 1. The van der Waals surface area contributed by atoms with Gasteiger partial charge in [0.1, 0.15) is 17.3 Å². The number of phenols is 1. The first-order valence-corrected chi connectivity index (χ1v) is 5.90. The minimum absolute atomic E-state index is 0.112. The summed E-state index contributed by atoms with van der Waals surface area (Å²) in [5.41, 5.74) is 1.68. The molecule has 0 unspecified atom stereocenters. The fourth-order valence-electron chi connectivity index (χ4n) is 1.79. The second kappa shape index (κ2) is 4.73. The summed E-state index contributed by atoms with van der Waals surface area (Å²) in [4.78, 5) is 8.44. The summed E-state index contributed by atoms with van der Waals surface area (Å²) in [6.45, 7) is 1.86. The molecule has 2 aromatic heterocycles. The summed E-state index contributed by atoms with van der Waals surface area (Å²) in [5, 5.41) is 13.5. The number of hydrogen-bond acceptors (Lipinski definition) is 5. The smallest absolute Gasteiger partial charge is 0.262 e. The monoisotopic (exact) mass is 271 g/mol. The molecule has 0 aliphatic carbocycles. The minimum Gasteiger partial charge on any atom is -0.507 e. The number of halogens is 1. The van der Waals surface area contributed by atoms with Crippen LogP contribution in [0.3, 0.4) is 0 Å². The van der Waals surface area contributed by atoms with Crippen molar-refractivity contribution in [3.63, 3.8) is 0 Å². The molecule has 20 heavy (non-hydrogen) atoms. The van der Waals surface area contributed by atoms with Crippen molar-refractivity contribution in [3.05, 3.63) is 47.9 Å². The zero-order valence-electron chi connectivity index (χ0n) is 10.5. The molecule has 0 atom stereocenters. The number of benzene rings is 1. The van der Waals surface area contributed by atoms with Crippen molar-refractivity contribution in [1.82, 2.24) is 15.1 Å². The van der Waals surface area contributed by atoms with E-state index in [2.05, 4.69) is 15.1 Å². The molecule has 0 amide bonds. The number of aryl methyl sites for hydroxylation is 1. The van der Waals surface area contributed by atoms with Gasteiger partial charge in [0.25, 0.3) is 5.89 Å². The van der Waals surface area contributed by atoms with E-state index >= 15 is 0 Å². The van der Waals surface area contributed by atoms with Crippen molar-refractivity contribution in [2.24, 2.45) is 0 Å². The summed E-state index contributed by atoms with van der Waals surface area (Å²) >= 11 is 0. The molecule has 3 aromatic rings. The molecule has 0 radical (unpaired) electrons. The maximum Gasteiger partial charge on any atom is 0.262 e. The van der Waals surface area contributed by atoms with Crippen LogP contribution in [0.1, 0.15) is 5.69 Å². The molecule has 0 bridgehead atoms. The molecule has 0 spiro atoms. The topological polar surface area (TPSA) is 72.0 Å². The summed E-state index contributed by atoms with van der Waals surface area (Å²) < 4.78 is 18.0. The van der Waals surface area contributed by atoms with E-state index in [1.807, 2.05) is 19.1 Å². The highest BCUT2D eigenvalue weighted by molar-refractivity contribution is 5.63. The van der Waals surface area contributed by atoms with Gasteiger partial charge >= 0.3 is 0 Å². The normalized spacial score (nSPS) is 10.7. The molecule has 0 aliphatic heterocycles. The Labute approximate surface area is 113 Å². The molecular weight excluding hydrogens is 261 g/mol. The van der Waals surface area contributed by atoms with Crippen molar-refractivity contribution in [3.8, 4) is 28.7 Å². The maximum atomic E-state index is 12.9. The van der Waals surface area contributed by atoms with Gasteiger partial charge in [-0.1, -0.05) is 11.2 Å². The lowest BCUT2D eigenvalue weighted by Crippen LogP contribution is -1.88. The van der Waals surface area contributed by atoms with Gasteiger partial charge in [-0.25, -0.2) is 9.37 Å². The first-order chi connectivity index (χ1) is 9.63. The van der Waals surface area contributed by atoms with E-state index < -0.39 is 5.82 Å². The minimum atomic E-state index is -0.536. The average molecular weight is 271 g/mol. The molecule has 1 N–H and O–H groups in total. The van der Waals surface area contributed by atoms with Crippen molar-refractivity contribution in [1.29, 1.82) is 0 Å². The van der Waals surface area contributed by atoms with E-state index in [4.69, 9.17) is 4.52 Å².